The summed E-state index contributed by atoms with van der Waals surface area (Å²) in [6, 6.07) is 70.8. The van der Waals surface area contributed by atoms with E-state index in [1.165, 1.54) is 76.8 Å². The van der Waals surface area contributed by atoms with E-state index in [1.807, 2.05) is 0 Å². The Bertz CT molecular complexity index is 3170. The fourth-order valence-corrected chi connectivity index (χ4v) is 9.03. The van der Waals surface area contributed by atoms with E-state index in [2.05, 4.69) is 211 Å². The molecule has 57 heavy (non-hydrogen) atoms. The van der Waals surface area contributed by atoms with Gasteiger partial charge in [0.25, 0.3) is 0 Å². The average Bonchev–Trinajstić information content (AvgIpc) is 3.29. The van der Waals surface area contributed by atoms with Gasteiger partial charge in [0, 0.05) is 16.8 Å². The first-order valence-corrected chi connectivity index (χ1v) is 19.9. The number of aryl methyl sites for hydroxylation is 1. The van der Waals surface area contributed by atoms with Gasteiger partial charge in [-0.15, -0.1) is 0 Å². The summed E-state index contributed by atoms with van der Waals surface area (Å²) in [5.74, 6) is 0.896. The number of anilines is 3. The van der Waals surface area contributed by atoms with Crippen molar-refractivity contribution < 1.29 is 0 Å². The minimum Gasteiger partial charge on any atom is -0.295 e. The van der Waals surface area contributed by atoms with Crippen molar-refractivity contribution in [3.05, 3.63) is 211 Å². The van der Waals surface area contributed by atoms with Gasteiger partial charge in [-0.2, -0.15) is 0 Å². The first-order valence-electron chi connectivity index (χ1n) is 19.9. The highest BCUT2D eigenvalue weighted by molar-refractivity contribution is 6.33. The summed E-state index contributed by atoms with van der Waals surface area (Å²) in [4.78, 5) is 7.63. The summed E-state index contributed by atoms with van der Waals surface area (Å²) in [5, 5.41) is 8.57. The third-order valence-corrected chi connectivity index (χ3v) is 11.7. The molecule has 1 aliphatic carbocycles. The first-order chi connectivity index (χ1) is 28.3. The number of fused-ring (bicyclic) bond motifs is 8. The van der Waals surface area contributed by atoms with Crippen LogP contribution in [-0.2, 0) is 6.42 Å². The maximum Gasteiger partial charge on any atom is 0.138 e. The van der Waals surface area contributed by atoms with Gasteiger partial charge in [0.2, 0.25) is 0 Å². The van der Waals surface area contributed by atoms with Gasteiger partial charge in [-0.05, 0) is 138 Å². The number of benzene rings is 9. The largest absolute Gasteiger partial charge is 0.295 e. The molecule has 0 saturated heterocycles. The van der Waals surface area contributed by atoms with Crippen molar-refractivity contribution in [1.82, 2.24) is 4.98 Å². The third-order valence-electron chi connectivity index (χ3n) is 11.7. The van der Waals surface area contributed by atoms with Crippen LogP contribution in [0.25, 0.3) is 82.7 Å². The molecule has 9 aromatic carbocycles. The lowest BCUT2D eigenvalue weighted by Crippen LogP contribution is -2.12. The van der Waals surface area contributed by atoms with Gasteiger partial charge < -0.3 is 0 Å². The van der Waals surface area contributed by atoms with Crippen molar-refractivity contribution >= 4 is 66.5 Å². The highest BCUT2D eigenvalue weighted by Crippen LogP contribution is 2.50. The molecular weight excluding hydrogens is 689 g/mol. The topological polar surface area (TPSA) is 16.1 Å². The number of pyridine rings is 1. The van der Waals surface area contributed by atoms with Gasteiger partial charge in [-0.25, -0.2) is 4.98 Å². The van der Waals surface area contributed by atoms with E-state index >= 15 is 0 Å². The van der Waals surface area contributed by atoms with Crippen molar-refractivity contribution in [2.45, 2.75) is 12.8 Å². The first kappa shape index (κ1) is 33.1. The molecule has 0 atom stereocenters. The predicted octanol–water partition coefficient (Wildman–Crippen LogP) is 15.1. The zero-order valence-corrected chi connectivity index (χ0v) is 31.4. The molecule has 0 spiro atoms. The molecule has 268 valence electrons. The molecule has 0 amide bonds. The number of allylic oxidation sites excluding steroid dienone is 1. The van der Waals surface area contributed by atoms with Crippen molar-refractivity contribution in [1.29, 1.82) is 0 Å². The Morgan fingerprint density at radius 2 is 1.07 bits per heavy atom. The number of para-hydroxylation sites is 1. The molecule has 0 fully saturated rings. The minimum atomic E-state index is 0.896. The van der Waals surface area contributed by atoms with Gasteiger partial charge >= 0.3 is 0 Å². The van der Waals surface area contributed by atoms with Crippen LogP contribution in [-0.4, -0.2) is 4.98 Å². The summed E-state index contributed by atoms with van der Waals surface area (Å²) in [5.41, 5.74) is 13.1. The predicted molar refractivity (Wildman–Crippen MR) is 243 cm³/mol. The van der Waals surface area contributed by atoms with E-state index in [4.69, 9.17) is 4.98 Å². The summed E-state index contributed by atoms with van der Waals surface area (Å²) >= 11 is 0. The third kappa shape index (κ3) is 5.69. The summed E-state index contributed by atoms with van der Waals surface area (Å²) in [6.07, 6.45) is 6.62. The second kappa shape index (κ2) is 13.8. The highest BCUT2D eigenvalue weighted by Gasteiger charge is 2.23. The van der Waals surface area contributed by atoms with Crippen LogP contribution in [0.5, 0.6) is 0 Å². The van der Waals surface area contributed by atoms with E-state index in [9.17, 15) is 0 Å². The van der Waals surface area contributed by atoms with Crippen LogP contribution < -0.4 is 4.90 Å². The number of rotatable bonds is 6. The summed E-state index contributed by atoms with van der Waals surface area (Å²) in [6.45, 7) is 0. The van der Waals surface area contributed by atoms with Gasteiger partial charge in [-0.3, -0.25) is 4.90 Å². The maximum atomic E-state index is 5.29. The van der Waals surface area contributed by atoms with Crippen LogP contribution in [0, 0.1) is 0 Å². The van der Waals surface area contributed by atoms with E-state index in [0.29, 0.717) is 0 Å². The molecule has 11 rings (SSSR count). The Hall–Kier alpha value is -7.29. The van der Waals surface area contributed by atoms with Crippen LogP contribution in [0.1, 0.15) is 17.5 Å². The zero-order chi connectivity index (χ0) is 37.7. The van der Waals surface area contributed by atoms with Crippen LogP contribution in [0.15, 0.2) is 200 Å². The fourth-order valence-electron chi connectivity index (χ4n) is 9.03. The second-order valence-electron chi connectivity index (χ2n) is 15.0. The number of nitrogens with zero attached hydrogens (tertiary/aromatic N) is 2. The monoisotopic (exact) mass is 726 g/mol. The van der Waals surface area contributed by atoms with Crippen LogP contribution in [0.2, 0.25) is 0 Å². The lowest BCUT2D eigenvalue weighted by atomic mass is 9.81. The van der Waals surface area contributed by atoms with Crippen molar-refractivity contribution in [2.75, 3.05) is 4.90 Å². The normalized spacial score (nSPS) is 12.4. The van der Waals surface area contributed by atoms with Crippen molar-refractivity contribution in [3.8, 4) is 33.4 Å². The quantitative estimate of drug-likeness (QED) is 0.159. The van der Waals surface area contributed by atoms with E-state index in [-0.39, 0.29) is 0 Å². The molecule has 0 saturated carbocycles. The maximum absolute atomic E-state index is 5.29. The molecule has 0 unspecified atom stereocenters. The number of hydrogen-bond acceptors (Lipinski definition) is 2. The molecule has 2 nitrogen and oxygen atoms in total. The van der Waals surface area contributed by atoms with Crippen LogP contribution in [0.3, 0.4) is 0 Å². The lowest BCUT2D eigenvalue weighted by molar-refractivity contribution is 0.984. The van der Waals surface area contributed by atoms with Gasteiger partial charge in [0.05, 0.1) is 5.52 Å². The SMILES string of the molecule is C1=Cc2ccc(N(c3ccc4c(c3)c3ccccc3c3c(-c5ccccc5)cc(-c5ccccc5)c(-c5ccccc5)c43)c3ccc4ccccc4n3)cc2CC1. The molecule has 1 aliphatic rings. The average molecular weight is 727 g/mol. The van der Waals surface area contributed by atoms with Gasteiger partial charge in [0.1, 0.15) is 5.82 Å². The van der Waals surface area contributed by atoms with E-state index in [0.717, 1.165) is 40.9 Å². The zero-order valence-electron chi connectivity index (χ0n) is 31.4. The Morgan fingerprint density at radius 1 is 0.439 bits per heavy atom. The van der Waals surface area contributed by atoms with Crippen LogP contribution in [0.4, 0.5) is 17.2 Å². The van der Waals surface area contributed by atoms with Gasteiger partial charge in [0.15, 0.2) is 0 Å². The molecule has 1 aromatic heterocycles. The van der Waals surface area contributed by atoms with Crippen molar-refractivity contribution in [2.24, 2.45) is 0 Å². The summed E-state index contributed by atoms with van der Waals surface area (Å²) in [7, 11) is 0. The molecule has 1 heterocycles. The fraction of sp³-hybridized carbons (Fsp3) is 0.0364. The van der Waals surface area contributed by atoms with Crippen LogP contribution >= 0.6 is 0 Å². The molecule has 2 heteroatoms. The summed E-state index contributed by atoms with van der Waals surface area (Å²) < 4.78 is 0. The number of hydrogen-bond donors (Lipinski definition) is 0. The molecular formula is C55H38N2. The number of aromatic nitrogens is 1. The molecule has 0 radical (unpaired) electrons. The van der Waals surface area contributed by atoms with E-state index < -0.39 is 0 Å². The smallest absolute Gasteiger partial charge is 0.138 e. The second-order valence-corrected chi connectivity index (χ2v) is 15.0. The Labute approximate surface area is 332 Å². The molecule has 10 aromatic rings. The van der Waals surface area contributed by atoms with Gasteiger partial charge in [-0.1, -0.05) is 158 Å². The Morgan fingerprint density at radius 3 is 1.86 bits per heavy atom. The molecule has 0 N–H and O–H groups in total. The molecule has 0 bridgehead atoms. The lowest BCUT2D eigenvalue weighted by Gasteiger charge is -2.27. The highest BCUT2D eigenvalue weighted by atomic mass is 15.2. The Kier molecular flexibility index (Phi) is 8.00. The Balaban J connectivity index is 1.26. The minimum absolute atomic E-state index is 0.896. The van der Waals surface area contributed by atoms with E-state index in [1.54, 1.807) is 0 Å². The van der Waals surface area contributed by atoms with Crippen molar-refractivity contribution in [3.63, 3.8) is 0 Å². The standard InChI is InChI=1S/C55H38N2/c1-4-17-38(18-5-1)48-36-49(39-19-6-2-7-20-39)54-46-26-14-13-25-45(46)50-35-44(31-32-47(50)55(54)53(48)41-22-8-3-9-23-41)57(43-30-28-37-16-10-11-24-42(37)34-43)52-33-29-40-21-12-15-27-51(40)56-52/h1-10,12-23,25-36H,11,24H2. The molecule has 0 aliphatic heterocycles.